The second kappa shape index (κ2) is 7.27. The maximum Gasteiger partial charge on any atom is 0.262 e. The maximum absolute atomic E-state index is 12.0. The third kappa shape index (κ3) is 4.33. The number of ether oxygens (including phenoxy) is 1. The van der Waals surface area contributed by atoms with Gasteiger partial charge in [0.05, 0.1) is 0 Å². The first kappa shape index (κ1) is 15.6. The van der Waals surface area contributed by atoms with Crippen LogP contribution in [-0.4, -0.2) is 12.5 Å². The van der Waals surface area contributed by atoms with E-state index in [0.29, 0.717) is 5.75 Å². The number of anilines is 1. The first-order chi connectivity index (χ1) is 10.1. The van der Waals surface area contributed by atoms with Crippen molar-refractivity contribution >= 4 is 27.5 Å². The molecular weight excluding hydrogens is 330 g/mol. The minimum absolute atomic E-state index is 0.000872. The number of amides is 1. The third-order valence-corrected chi connectivity index (χ3v) is 4.06. The zero-order valence-electron chi connectivity index (χ0n) is 12.2. The lowest BCUT2D eigenvalue weighted by Gasteiger charge is -2.11. The van der Waals surface area contributed by atoms with Crippen molar-refractivity contribution in [3.8, 4) is 5.75 Å². The predicted octanol–water partition coefficient (Wildman–Crippen LogP) is 4.34. The van der Waals surface area contributed by atoms with Crippen LogP contribution in [0.25, 0.3) is 0 Å². The molecule has 0 aliphatic heterocycles. The van der Waals surface area contributed by atoms with E-state index >= 15 is 0 Å². The quantitative estimate of drug-likeness (QED) is 0.873. The molecule has 0 heterocycles. The molecule has 2 aromatic carbocycles. The highest BCUT2D eigenvalue weighted by atomic mass is 79.9. The molecule has 0 saturated carbocycles. The normalized spacial score (nSPS) is 10.2. The molecule has 0 fully saturated rings. The molecule has 0 aromatic heterocycles. The molecule has 3 nitrogen and oxygen atoms in total. The fourth-order valence-corrected chi connectivity index (χ4v) is 2.24. The molecule has 0 unspecified atom stereocenters. The first-order valence-corrected chi connectivity index (χ1v) is 7.66. The van der Waals surface area contributed by atoms with Crippen LogP contribution >= 0.6 is 15.9 Å². The summed E-state index contributed by atoms with van der Waals surface area (Å²) >= 11 is 3.43. The van der Waals surface area contributed by atoms with E-state index in [-0.39, 0.29) is 12.5 Å². The van der Waals surface area contributed by atoms with Crippen molar-refractivity contribution in [3.05, 3.63) is 58.1 Å². The van der Waals surface area contributed by atoms with Gasteiger partial charge < -0.3 is 10.1 Å². The molecule has 0 radical (unpaired) electrons. The molecule has 21 heavy (non-hydrogen) atoms. The molecule has 0 saturated heterocycles. The van der Waals surface area contributed by atoms with Crippen LogP contribution < -0.4 is 10.1 Å². The molecule has 2 rings (SSSR count). The lowest BCUT2D eigenvalue weighted by molar-refractivity contribution is -0.118. The van der Waals surface area contributed by atoms with Gasteiger partial charge in [0.15, 0.2) is 6.61 Å². The number of hydrogen-bond acceptors (Lipinski definition) is 2. The number of benzene rings is 2. The Hall–Kier alpha value is -1.81. The molecule has 1 N–H and O–H groups in total. The largest absolute Gasteiger partial charge is 0.484 e. The van der Waals surface area contributed by atoms with Gasteiger partial charge in [0.2, 0.25) is 0 Å². The number of nitrogens with one attached hydrogen (secondary N) is 1. The average Bonchev–Trinajstić information content (AvgIpc) is 2.49. The Morgan fingerprint density at radius 1 is 1.24 bits per heavy atom. The molecule has 0 aliphatic carbocycles. The number of para-hydroxylation sites is 1. The summed E-state index contributed by atoms with van der Waals surface area (Å²) in [6.45, 7) is 4.04. The SMILES string of the molecule is CCc1ccccc1NC(=O)COc1ccc(Br)c(C)c1. The Balaban J connectivity index is 1.94. The minimum Gasteiger partial charge on any atom is -0.484 e. The van der Waals surface area contributed by atoms with Crippen molar-refractivity contribution in [1.29, 1.82) is 0 Å². The second-order valence-corrected chi connectivity index (χ2v) is 5.61. The van der Waals surface area contributed by atoms with Gasteiger partial charge in [0, 0.05) is 10.2 Å². The van der Waals surface area contributed by atoms with Crippen molar-refractivity contribution in [2.45, 2.75) is 20.3 Å². The Labute approximate surface area is 133 Å². The van der Waals surface area contributed by atoms with E-state index in [1.165, 1.54) is 0 Å². The smallest absolute Gasteiger partial charge is 0.262 e. The molecule has 0 aliphatic rings. The van der Waals surface area contributed by atoms with E-state index in [2.05, 4.69) is 28.2 Å². The second-order valence-electron chi connectivity index (χ2n) is 4.76. The molecule has 110 valence electrons. The fourth-order valence-electron chi connectivity index (χ4n) is 1.99. The van der Waals surface area contributed by atoms with E-state index < -0.39 is 0 Å². The van der Waals surface area contributed by atoms with Gasteiger partial charge in [0.25, 0.3) is 5.91 Å². The fraction of sp³-hybridized carbons (Fsp3) is 0.235. The van der Waals surface area contributed by atoms with Crippen LogP contribution in [0.3, 0.4) is 0 Å². The Morgan fingerprint density at radius 2 is 2.00 bits per heavy atom. The van der Waals surface area contributed by atoms with Crippen LogP contribution in [0.1, 0.15) is 18.1 Å². The zero-order valence-corrected chi connectivity index (χ0v) is 13.7. The maximum atomic E-state index is 12.0. The highest BCUT2D eigenvalue weighted by Crippen LogP contribution is 2.21. The molecule has 0 atom stereocenters. The molecule has 2 aromatic rings. The van der Waals surface area contributed by atoms with Crippen LogP contribution in [0.15, 0.2) is 46.9 Å². The van der Waals surface area contributed by atoms with Gasteiger partial charge in [-0.05, 0) is 48.7 Å². The topological polar surface area (TPSA) is 38.3 Å². The summed E-state index contributed by atoms with van der Waals surface area (Å²) in [6.07, 6.45) is 0.878. The van der Waals surface area contributed by atoms with Gasteiger partial charge in [-0.1, -0.05) is 41.1 Å². The van der Waals surface area contributed by atoms with Crippen molar-refractivity contribution in [1.82, 2.24) is 0 Å². The van der Waals surface area contributed by atoms with Gasteiger partial charge in [0.1, 0.15) is 5.75 Å². The summed E-state index contributed by atoms with van der Waals surface area (Å²) in [5.74, 6) is 0.533. The van der Waals surface area contributed by atoms with E-state index in [1.54, 1.807) is 0 Å². The number of carbonyl (C=O) groups is 1. The van der Waals surface area contributed by atoms with Crippen LogP contribution in [-0.2, 0) is 11.2 Å². The van der Waals surface area contributed by atoms with Gasteiger partial charge in [-0.3, -0.25) is 4.79 Å². The van der Waals surface area contributed by atoms with Crippen LogP contribution in [0.5, 0.6) is 5.75 Å². The lowest BCUT2D eigenvalue weighted by Crippen LogP contribution is -2.20. The number of aryl methyl sites for hydroxylation is 2. The summed E-state index contributed by atoms with van der Waals surface area (Å²) in [7, 11) is 0. The van der Waals surface area contributed by atoms with Crippen molar-refractivity contribution < 1.29 is 9.53 Å². The summed E-state index contributed by atoms with van der Waals surface area (Å²) in [6, 6.07) is 13.4. The predicted molar refractivity (Wildman–Crippen MR) is 88.8 cm³/mol. The van der Waals surface area contributed by atoms with Crippen LogP contribution in [0, 0.1) is 6.92 Å². The van der Waals surface area contributed by atoms with Crippen LogP contribution in [0.4, 0.5) is 5.69 Å². The summed E-state index contributed by atoms with van der Waals surface area (Å²) in [5, 5.41) is 2.88. The van der Waals surface area contributed by atoms with Crippen LogP contribution in [0.2, 0.25) is 0 Å². The van der Waals surface area contributed by atoms with E-state index in [4.69, 9.17) is 4.74 Å². The van der Waals surface area contributed by atoms with Crippen molar-refractivity contribution in [2.75, 3.05) is 11.9 Å². The van der Waals surface area contributed by atoms with E-state index in [1.807, 2.05) is 49.4 Å². The van der Waals surface area contributed by atoms with E-state index in [0.717, 1.165) is 27.7 Å². The minimum atomic E-state index is -0.156. The monoisotopic (exact) mass is 347 g/mol. The molecular formula is C17H18BrNO2. The molecule has 1 amide bonds. The van der Waals surface area contributed by atoms with Crippen molar-refractivity contribution in [3.63, 3.8) is 0 Å². The highest BCUT2D eigenvalue weighted by molar-refractivity contribution is 9.10. The van der Waals surface area contributed by atoms with Gasteiger partial charge in [-0.15, -0.1) is 0 Å². The molecule has 4 heteroatoms. The summed E-state index contributed by atoms with van der Waals surface area (Å²) < 4.78 is 6.54. The third-order valence-electron chi connectivity index (χ3n) is 3.17. The van der Waals surface area contributed by atoms with Gasteiger partial charge in [-0.25, -0.2) is 0 Å². The molecule has 0 bridgehead atoms. The zero-order chi connectivity index (χ0) is 15.2. The number of rotatable bonds is 5. The average molecular weight is 348 g/mol. The molecule has 0 spiro atoms. The standard InChI is InChI=1S/C17H18BrNO2/c1-3-13-6-4-5-7-16(13)19-17(20)11-21-14-8-9-15(18)12(2)10-14/h4-10H,3,11H2,1-2H3,(H,19,20). The first-order valence-electron chi connectivity index (χ1n) is 6.87. The summed E-state index contributed by atoms with van der Waals surface area (Å²) in [4.78, 5) is 12.0. The Morgan fingerprint density at radius 3 is 2.71 bits per heavy atom. The van der Waals surface area contributed by atoms with Crippen molar-refractivity contribution in [2.24, 2.45) is 0 Å². The van der Waals surface area contributed by atoms with E-state index in [9.17, 15) is 4.79 Å². The lowest BCUT2D eigenvalue weighted by atomic mass is 10.1. The Bertz CT molecular complexity index is 640. The van der Waals surface area contributed by atoms with Gasteiger partial charge >= 0.3 is 0 Å². The number of halogens is 1. The highest BCUT2D eigenvalue weighted by Gasteiger charge is 2.07. The summed E-state index contributed by atoms with van der Waals surface area (Å²) in [5.41, 5.74) is 3.04. The number of hydrogen-bond donors (Lipinski definition) is 1. The number of carbonyl (C=O) groups excluding carboxylic acids is 1. The van der Waals surface area contributed by atoms with Gasteiger partial charge in [-0.2, -0.15) is 0 Å². The Kier molecular flexibility index (Phi) is 5.39.